The molecule has 1 aromatic carbocycles. The van der Waals surface area contributed by atoms with Crippen LogP contribution >= 0.6 is 11.6 Å². The lowest BCUT2D eigenvalue weighted by molar-refractivity contribution is 0.199. The number of ether oxygens (including phenoxy) is 2. The molecule has 114 valence electrons. The van der Waals surface area contributed by atoms with E-state index in [1.807, 2.05) is 36.0 Å². The third-order valence-corrected chi connectivity index (χ3v) is 3.22. The normalized spacial score (nSPS) is 10.8. The molecule has 0 fully saturated rings. The molecule has 0 saturated heterocycles. The molecule has 0 saturated carbocycles. The van der Waals surface area contributed by atoms with Crippen molar-refractivity contribution in [2.24, 2.45) is 0 Å². The molecule has 0 aliphatic rings. The van der Waals surface area contributed by atoms with E-state index < -0.39 is 0 Å². The fourth-order valence-electron chi connectivity index (χ4n) is 1.86. The number of hydrogen-bond acceptors (Lipinski definition) is 4. The molecule has 2 rings (SSSR count). The van der Waals surface area contributed by atoms with Gasteiger partial charge in [0.05, 0.1) is 19.0 Å². The molecule has 0 radical (unpaired) electrons. The standard InChI is InChI=1S/C15H20ClN3O2/c1-3-19-11-14(10-18-19)21-15-8-13(16)5-4-12(15)9-17-6-7-20-2/h4-5,8,10-11,17H,3,6-7,9H2,1-2H3. The smallest absolute Gasteiger partial charge is 0.165 e. The van der Waals surface area contributed by atoms with E-state index in [0.717, 1.165) is 24.4 Å². The molecule has 0 aliphatic heterocycles. The van der Waals surface area contributed by atoms with Crippen LogP contribution in [0.5, 0.6) is 11.5 Å². The summed E-state index contributed by atoms with van der Waals surface area (Å²) >= 11 is 6.06. The predicted octanol–water partition coefficient (Wildman–Crippen LogP) is 3.08. The number of nitrogens with zero attached hydrogens (tertiary/aromatic N) is 2. The molecule has 0 aliphatic carbocycles. The highest BCUT2D eigenvalue weighted by Gasteiger charge is 2.07. The number of nitrogens with one attached hydrogen (secondary N) is 1. The molecule has 1 N–H and O–H groups in total. The summed E-state index contributed by atoms with van der Waals surface area (Å²) in [6.07, 6.45) is 3.57. The van der Waals surface area contributed by atoms with E-state index in [2.05, 4.69) is 10.4 Å². The minimum Gasteiger partial charge on any atom is -0.454 e. The van der Waals surface area contributed by atoms with Gasteiger partial charge in [0.15, 0.2) is 5.75 Å². The second-order valence-electron chi connectivity index (χ2n) is 4.56. The van der Waals surface area contributed by atoms with Gasteiger partial charge < -0.3 is 14.8 Å². The van der Waals surface area contributed by atoms with Crippen molar-refractivity contribution in [2.45, 2.75) is 20.0 Å². The van der Waals surface area contributed by atoms with Gasteiger partial charge >= 0.3 is 0 Å². The summed E-state index contributed by atoms with van der Waals surface area (Å²) < 4.78 is 12.7. The van der Waals surface area contributed by atoms with Gasteiger partial charge in [-0.25, -0.2) is 0 Å². The van der Waals surface area contributed by atoms with Crippen LogP contribution in [-0.2, 0) is 17.8 Å². The second kappa shape index (κ2) is 8.02. The maximum Gasteiger partial charge on any atom is 0.165 e. The Balaban J connectivity index is 2.07. The highest BCUT2D eigenvalue weighted by molar-refractivity contribution is 6.30. The van der Waals surface area contributed by atoms with Crippen molar-refractivity contribution < 1.29 is 9.47 Å². The number of rotatable bonds is 8. The Kier molecular flexibility index (Phi) is 6.04. The van der Waals surface area contributed by atoms with Gasteiger partial charge in [0.2, 0.25) is 0 Å². The minimum absolute atomic E-state index is 0.647. The number of methoxy groups -OCH3 is 1. The van der Waals surface area contributed by atoms with E-state index in [1.165, 1.54) is 0 Å². The number of halogens is 1. The largest absolute Gasteiger partial charge is 0.454 e. The Morgan fingerprint density at radius 1 is 1.38 bits per heavy atom. The van der Waals surface area contributed by atoms with Crippen LogP contribution in [0.1, 0.15) is 12.5 Å². The topological polar surface area (TPSA) is 48.3 Å². The lowest BCUT2D eigenvalue weighted by Gasteiger charge is -2.11. The zero-order chi connectivity index (χ0) is 15.1. The van der Waals surface area contributed by atoms with Crippen LogP contribution in [0.2, 0.25) is 5.02 Å². The van der Waals surface area contributed by atoms with E-state index >= 15 is 0 Å². The summed E-state index contributed by atoms with van der Waals surface area (Å²) in [5, 5.41) is 8.14. The van der Waals surface area contributed by atoms with E-state index in [0.29, 0.717) is 23.9 Å². The Morgan fingerprint density at radius 3 is 2.95 bits per heavy atom. The lowest BCUT2D eigenvalue weighted by Crippen LogP contribution is -2.18. The highest BCUT2D eigenvalue weighted by Crippen LogP contribution is 2.28. The lowest BCUT2D eigenvalue weighted by atomic mass is 10.2. The average Bonchev–Trinajstić information content (AvgIpc) is 2.93. The minimum atomic E-state index is 0.647. The first kappa shape index (κ1) is 15.8. The third kappa shape index (κ3) is 4.74. The molecule has 0 amide bonds. The van der Waals surface area contributed by atoms with E-state index in [-0.39, 0.29) is 0 Å². The van der Waals surface area contributed by atoms with E-state index in [9.17, 15) is 0 Å². The van der Waals surface area contributed by atoms with Gasteiger partial charge in [0, 0.05) is 37.3 Å². The van der Waals surface area contributed by atoms with Crippen LogP contribution in [0.3, 0.4) is 0 Å². The average molecular weight is 310 g/mol. The van der Waals surface area contributed by atoms with Crippen molar-refractivity contribution in [3.63, 3.8) is 0 Å². The SMILES string of the molecule is CCn1cc(Oc2cc(Cl)ccc2CNCCOC)cn1. The van der Waals surface area contributed by atoms with Crippen molar-refractivity contribution in [2.75, 3.05) is 20.3 Å². The quantitative estimate of drug-likeness (QED) is 0.761. The molecular formula is C15H20ClN3O2. The Labute approximate surface area is 129 Å². The number of aryl methyl sites for hydroxylation is 1. The van der Waals surface area contributed by atoms with Gasteiger partial charge in [-0.3, -0.25) is 4.68 Å². The molecule has 1 heterocycles. The van der Waals surface area contributed by atoms with Crippen LogP contribution < -0.4 is 10.1 Å². The Morgan fingerprint density at radius 2 is 2.24 bits per heavy atom. The fraction of sp³-hybridized carbons (Fsp3) is 0.400. The summed E-state index contributed by atoms with van der Waals surface area (Å²) in [6.45, 7) is 4.99. The van der Waals surface area contributed by atoms with Crippen LogP contribution in [0, 0.1) is 0 Å². The Bertz CT molecular complexity index is 572. The monoisotopic (exact) mass is 309 g/mol. The molecule has 0 spiro atoms. The predicted molar refractivity (Wildman–Crippen MR) is 83.0 cm³/mol. The first-order valence-electron chi connectivity index (χ1n) is 6.91. The molecular weight excluding hydrogens is 290 g/mol. The van der Waals surface area contributed by atoms with Crippen molar-refractivity contribution in [3.05, 3.63) is 41.2 Å². The molecule has 0 atom stereocenters. The van der Waals surface area contributed by atoms with Gasteiger partial charge in [0.1, 0.15) is 5.75 Å². The highest BCUT2D eigenvalue weighted by atomic mass is 35.5. The summed E-state index contributed by atoms with van der Waals surface area (Å²) in [6, 6.07) is 5.64. The maximum atomic E-state index is 6.06. The summed E-state index contributed by atoms with van der Waals surface area (Å²) in [7, 11) is 1.68. The van der Waals surface area contributed by atoms with Gasteiger partial charge in [-0.2, -0.15) is 5.10 Å². The number of benzene rings is 1. The third-order valence-electron chi connectivity index (χ3n) is 2.99. The molecule has 1 aromatic heterocycles. The molecule has 0 unspecified atom stereocenters. The van der Waals surface area contributed by atoms with Crippen molar-refractivity contribution in [1.82, 2.24) is 15.1 Å². The molecule has 21 heavy (non-hydrogen) atoms. The molecule has 5 nitrogen and oxygen atoms in total. The number of hydrogen-bond donors (Lipinski definition) is 1. The van der Waals surface area contributed by atoms with Gasteiger partial charge in [-0.15, -0.1) is 0 Å². The van der Waals surface area contributed by atoms with Crippen molar-refractivity contribution in [1.29, 1.82) is 0 Å². The van der Waals surface area contributed by atoms with Gasteiger partial charge in [0.25, 0.3) is 0 Å². The maximum absolute atomic E-state index is 6.06. The molecule has 6 heteroatoms. The second-order valence-corrected chi connectivity index (χ2v) is 4.99. The Hall–Kier alpha value is -1.56. The van der Waals surface area contributed by atoms with Gasteiger partial charge in [-0.1, -0.05) is 17.7 Å². The van der Waals surface area contributed by atoms with Crippen LogP contribution in [0.25, 0.3) is 0 Å². The number of aromatic nitrogens is 2. The van der Waals surface area contributed by atoms with E-state index in [4.69, 9.17) is 21.1 Å². The van der Waals surface area contributed by atoms with E-state index in [1.54, 1.807) is 13.3 Å². The zero-order valence-corrected chi connectivity index (χ0v) is 13.1. The fourth-order valence-corrected chi connectivity index (χ4v) is 2.03. The van der Waals surface area contributed by atoms with Crippen LogP contribution in [-0.4, -0.2) is 30.0 Å². The first-order valence-corrected chi connectivity index (χ1v) is 7.29. The van der Waals surface area contributed by atoms with Crippen LogP contribution in [0.15, 0.2) is 30.6 Å². The summed E-state index contributed by atoms with van der Waals surface area (Å²) in [5.74, 6) is 1.44. The summed E-state index contributed by atoms with van der Waals surface area (Å²) in [4.78, 5) is 0. The van der Waals surface area contributed by atoms with Crippen molar-refractivity contribution in [3.8, 4) is 11.5 Å². The summed E-state index contributed by atoms with van der Waals surface area (Å²) in [5.41, 5.74) is 1.04. The molecule has 0 bridgehead atoms. The van der Waals surface area contributed by atoms with Crippen LogP contribution in [0.4, 0.5) is 0 Å². The first-order chi connectivity index (χ1) is 10.2. The van der Waals surface area contributed by atoms with Gasteiger partial charge in [-0.05, 0) is 19.1 Å². The zero-order valence-electron chi connectivity index (χ0n) is 12.3. The van der Waals surface area contributed by atoms with Crippen molar-refractivity contribution >= 4 is 11.6 Å². The molecule has 2 aromatic rings.